The largest absolute Gasteiger partial charge is 0.480 e. The molecule has 0 unspecified atom stereocenters. The van der Waals surface area contributed by atoms with Gasteiger partial charge in [-0.3, -0.25) is 4.79 Å². The van der Waals surface area contributed by atoms with Gasteiger partial charge in [0.15, 0.2) is 0 Å². The molecule has 0 aliphatic carbocycles. The molecule has 0 aromatic rings. The summed E-state index contributed by atoms with van der Waals surface area (Å²) >= 11 is 0. The number of aliphatic hydroxyl groups excluding tert-OH is 5. The Morgan fingerprint density at radius 1 is 1.05 bits per heavy atom. The second kappa shape index (κ2) is 10.9. The lowest BCUT2D eigenvalue weighted by atomic mass is 10.0. The molecule has 0 aromatic heterocycles. The number of unbranched alkanes of at least 4 members (excludes halogenated alkanes) is 1. The van der Waals surface area contributed by atoms with E-state index in [0.29, 0.717) is 25.8 Å². The molecule has 0 rings (SSSR count). The minimum atomic E-state index is -1.64. The van der Waals surface area contributed by atoms with Crippen LogP contribution in [0.2, 0.25) is 0 Å². The Hall–Kier alpha value is -0.810. The predicted octanol–water partition coefficient (Wildman–Crippen LogP) is -3.41. The Kier molecular flexibility index (Phi) is 10.4. The summed E-state index contributed by atoms with van der Waals surface area (Å²) in [6.07, 6.45) is -4.45. The standard InChI is InChI=1S/C12H26N2O7/c13-7(12(20)21)3-1-2-4-14-5-8(16)10(18)11(19)9(17)6-15/h7-11,14-19H,1-6,13H2,(H,20,21)/t7-,8-,9+,10+,11+/m0/s1. The van der Waals surface area contributed by atoms with Crippen LogP contribution < -0.4 is 11.1 Å². The summed E-state index contributed by atoms with van der Waals surface area (Å²) in [6, 6.07) is -0.882. The number of aliphatic carboxylic acids is 1. The lowest BCUT2D eigenvalue weighted by Crippen LogP contribution is -2.49. The van der Waals surface area contributed by atoms with Gasteiger partial charge in [0.2, 0.25) is 0 Å². The number of hydrogen-bond donors (Lipinski definition) is 8. The third-order valence-electron chi connectivity index (χ3n) is 3.11. The molecule has 0 heterocycles. The van der Waals surface area contributed by atoms with Crippen molar-refractivity contribution < 1.29 is 35.4 Å². The normalized spacial score (nSPS) is 18.8. The molecule has 5 atom stereocenters. The van der Waals surface area contributed by atoms with Gasteiger partial charge in [-0.2, -0.15) is 0 Å². The summed E-state index contributed by atoms with van der Waals surface area (Å²) in [6.45, 7) is -0.252. The van der Waals surface area contributed by atoms with Crippen molar-refractivity contribution in [1.29, 1.82) is 0 Å². The molecule has 126 valence electrons. The van der Waals surface area contributed by atoms with E-state index in [-0.39, 0.29) is 6.54 Å². The molecule has 9 N–H and O–H groups in total. The molecule has 0 aromatic carbocycles. The van der Waals surface area contributed by atoms with E-state index in [1.165, 1.54) is 0 Å². The van der Waals surface area contributed by atoms with E-state index in [1.807, 2.05) is 0 Å². The van der Waals surface area contributed by atoms with Crippen LogP contribution in [-0.4, -0.2) is 86.8 Å². The molecule has 0 amide bonds. The molecule has 0 spiro atoms. The minimum Gasteiger partial charge on any atom is -0.480 e. The molecule has 0 radical (unpaired) electrons. The molecule has 0 aliphatic heterocycles. The Labute approximate surface area is 123 Å². The first-order valence-electron chi connectivity index (χ1n) is 6.83. The average Bonchev–Trinajstić information content (AvgIpc) is 2.47. The highest BCUT2D eigenvalue weighted by Gasteiger charge is 2.29. The van der Waals surface area contributed by atoms with Crippen LogP contribution >= 0.6 is 0 Å². The maximum absolute atomic E-state index is 10.5. The molecule has 0 bridgehead atoms. The van der Waals surface area contributed by atoms with Crippen LogP contribution in [0.5, 0.6) is 0 Å². The second-order valence-electron chi connectivity index (χ2n) is 4.94. The molecular formula is C12H26N2O7. The second-order valence-corrected chi connectivity index (χ2v) is 4.94. The van der Waals surface area contributed by atoms with Crippen LogP contribution in [0.15, 0.2) is 0 Å². The number of carbonyl (C=O) groups is 1. The van der Waals surface area contributed by atoms with Gasteiger partial charge in [-0.1, -0.05) is 6.42 Å². The van der Waals surface area contributed by atoms with Crippen LogP contribution in [-0.2, 0) is 4.79 Å². The van der Waals surface area contributed by atoms with Crippen LogP contribution in [0.4, 0.5) is 0 Å². The first kappa shape index (κ1) is 20.2. The van der Waals surface area contributed by atoms with Crippen LogP contribution in [0.25, 0.3) is 0 Å². The monoisotopic (exact) mass is 310 g/mol. The molecule has 0 saturated heterocycles. The van der Waals surface area contributed by atoms with Crippen molar-refractivity contribution in [3.8, 4) is 0 Å². The lowest BCUT2D eigenvalue weighted by Gasteiger charge is -2.25. The fraction of sp³-hybridized carbons (Fsp3) is 0.917. The van der Waals surface area contributed by atoms with Gasteiger partial charge in [0.1, 0.15) is 24.4 Å². The number of aliphatic hydroxyl groups is 5. The van der Waals surface area contributed by atoms with Crippen LogP contribution in [0, 0.1) is 0 Å². The third kappa shape index (κ3) is 8.27. The summed E-state index contributed by atoms with van der Waals surface area (Å²) < 4.78 is 0. The van der Waals surface area contributed by atoms with Gasteiger partial charge in [0.05, 0.1) is 12.7 Å². The van der Waals surface area contributed by atoms with Gasteiger partial charge in [-0.15, -0.1) is 0 Å². The van der Waals surface area contributed by atoms with Gasteiger partial charge in [0.25, 0.3) is 0 Å². The van der Waals surface area contributed by atoms with Gasteiger partial charge >= 0.3 is 5.97 Å². The highest BCUT2D eigenvalue weighted by Crippen LogP contribution is 2.04. The number of nitrogens with two attached hydrogens (primary N) is 1. The molecule has 0 fully saturated rings. The van der Waals surface area contributed by atoms with Gasteiger partial charge < -0.3 is 41.7 Å². The summed E-state index contributed by atoms with van der Waals surface area (Å²) in [7, 11) is 0. The fourth-order valence-electron chi connectivity index (χ4n) is 1.67. The van der Waals surface area contributed by atoms with Gasteiger partial charge in [-0.25, -0.2) is 0 Å². The van der Waals surface area contributed by atoms with Crippen molar-refractivity contribution in [3.63, 3.8) is 0 Å². The molecule has 21 heavy (non-hydrogen) atoms. The SMILES string of the molecule is N[C@@H](CCCCNC[C@H](O)[C@@H](O)[C@H](O)[C@H](O)CO)C(=O)O. The predicted molar refractivity (Wildman–Crippen MR) is 73.4 cm³/mol. The first-order valence-corrected chi connectivity index (χ1v) is 6.83. The van der Waals surface area contributed by atoms with Crippen LogP contribution in [0.1, 0.15) is 19.3 Å². The van der Waals surface area contributed by atoms with Crippen molar-refractivity contribution in [2.45, 2.75) is 49.7 Å². The van der Waals surface area contributed by atoms with E-state index in [0.717, 1.165) is 0 Å². The van der Waals surface area contributed by atoms with E-state index < -0.39 is 43.0 Å². The summed E-state index contributed by atoms with van der Waals surface area (Å²) in [5.74, 6) is -1.04. The number of carboxylic acid groups (broad SMARTS) is 1. The maximum Gasteiger partial charge on any atom is 0.320 e. The number of hydrogen-bond acceptors (Lipinski definition) is 8. The van der Waals surface area contributed by atoms with Crippen LogP contribution in [0.3, 0.4) is 0 Å². The lowest BCUT2D eigenvalue weighted by molar-refractivity contribution is -0.138. The zero-order valence-corrected chi connectivity index (χ0v) is 11.8. The topological polar surface area (TPSA) is 176 Å². The Morgan fingerprint density at radius 2 is 1.62 bits per heavy atom. The number of rotatable bonds is 12. The van der Waals surface area contributed by atoms with E-state index in [4.69, 9.17) is 21.1 Å². The highest BCUT2D eigenvalue weighted by atomic mass is 16.4. The molecule has 0 aliphatic rings. The van der Waals surface area contributed by atoms with E-state index in [9.17, 15) is 20.1 Å². The van der Waals surface area contributed by atoms with Crippen molar-refractivity contribution >= 4 is 5.97 Å². The average molecular weight is 310 g/mol. The minimum absolute atomic E-state index is 0.0125. The number of nitrogens with one attached hydrogen (secondary N) is 1. The molecule has 9 heteroatoms. The Morgan fingerprint density at radius 3 is 2.14 bits per heavy atom. The van der Waals surface area contributed by atoms with Gasteiger partial charge in [0, 0.05) is 6.54 Å². The summed E-state index contributed by atoms with van der Waals surface area (Å²) in [5, 5.41) is 57.7. The smallest absolute Gasteiger partial charge is 0.320 e. The first-order chi connectivity index (χ1) is 9.81. The quantitative estimate of drug-likeness (QED) is 0.171. The van der Waals surface area contributed by atoms with Gasteiger partial charge in [-0.05, 0) is 19.4 Å². The van der Waals surface area contributed by atoms with E-state index in [2.05, 4.69) is 5.32 Å². The van der Waals surface area contributed by atoms with Crippen molar-refractivity contribution in [3.05, 3.63) is 0 Å². The zero-order chi connectivity index (χ0) is 16.4. The van der Waals surface area contributed by atoms with E-state index >= 15 is 0 Å². The summed E-state index contributed by atoms with van der Waals surface area (Å²) in [4.78, 5) is 10.5. The molecule has 9 nitrogen and oxygen atoms in total. The van der Waals surface area contributed by atoms with Crippen molar-refractivity contribution in [2.75, 3.05) is 19.7 Å². The Balaban J connectivity index is 3.74. The maximum atomic E-state index is 10.5. The van der Waals surface area contributed by atoms with Crippen molar-refractivity contribution in [1.82, 2.24) is 5.32 Å². The third-order valence-corrected chi connectivity index (χ3v) is 3.11. The van der Waals surface area contributed by atoms with E-state index in [1.54, 1.807) is 0 Å². The zero-order valence-electron chi connectivity index (χ0n) is 11.8. The molecular weight excluding hydrogens is 284 g/mol. The number of carboxylic acids is 1. The fourth-order valence-corrected chi connectivity index (χ4v) is 1.67. The van der Waals surface area contributed by atoms with Crippen molar-refractivity contribution in [2.24, 2.45) is 5.73 Å². The molecule has 0 saturated carbocycles. The summed E-state index contributed by atoms with van der Waals surface area (Å²) in [5.41, 5.74) is 5.33. The highest BCUT2D eigenvalue weighted by molar-refractivity contribution is 5.72. The Bertz CT molecular complexity index is 293.